The van der Waals surface area contributed by atoms with Crippen molar-refractivity contribution in [2.24, 2.45) is 5.73 Å². The van der Waals surface area contributed by atoms with Gasteiger partial charge in [0.05, 0.1) is 5.69 Å². The molecular weight excluding hydrogens is 268 g/mol. The summed E-state index contributed by atoms with van der Waals surface area (Å²) in [5.74, 6) is 0.978. The summed E-state index contributed by atoms with van der Waals surface area (Å²) in [6.45, 7) is 1.94. The van der Waals surface area contributed by atoms with Crippen LogP contribution in [0, 0.1) is 12.3 Å². The Balaban J connectivity index is 2.52. The van der Waals surface area contributed by atoms with Gasteiger partial charge in [0.1, 0.15) is 11.7 Å². The van der Waals surface area contributed by atoms with Crippen LogP contribution >= 0.6 is 15.9 Å². The van der Waals surface area contributed by atoms with Gasteiger partial charge in [-0.2, -0.15) is 0 Å². The SMILES string of the molecule is Cc1nccn1-c1ccc(C(=N)N)cc1Br. The van der Waals surface area contributed by atoms with Crippen molar-refractivity contribution in [1.82, 2.24) is 9.55 Å². The number of aromatic nitrogens is 2. The lowest BCUT2D eigenvalue weighted by Gasteiger charge is -2.09. The minimum Gasteiger partial charge on any atom is -0.384 e. The zero-order valence-corrected chi connectivity index (χ0v) is 10.3. The van der Waals surface area contributed by atoms with Crippen molar-refractivity contribution in [3.8, 4) is 5.69 Å². The molecule has 1 aromatic carbocycles. The van der Waals surface area contributed by atoms with Crippen LogP contribution in [-0.4, -0.2) is 15.4 Å². The third kappa shape index (κ3) is 1.86. The van der Waals surface area contributed by atoms with Gasteiger partial charge in [0.2, 0.25) is 0 Å². The molecule has 0 radical (unpaired) electrons. The highest BCUT2D eigenvalue weighted by atomic mass is 79.9. The lowest BCUT2D eigenvalue weighted by molar-refractivity contribution is 0.969. The molecule has 1 heterocycles. The van der Waals surface area contributed by atoms with E-state index in [4.69, 9.17) is 11.1 Å². The van der Waals surface area contributed by atoms with Crippen molar-refractivity contribution >= 4 is 21.8 Å². The maximum Gasteiger partial charge on any atom is 0.122 e. The largest absolute Gasteiger partial charge is 0.384 e. The minimum absolute atomic E-state index is 0.0644. The Morgan fingerprint density at radius 1 is 1.50 bits per heavy atom. The molecule has 3 N–H and O–H groups in total. The van der Waals surface area contributed by atoms with E-state index >= 15 is 0 Å². The Labute approximate surface area is 102 Å². The van der Waals surface area contributed by atoms with Gasteiger partial charge in [-0.1, -0.05) is 0 Å². The first-order chi connectivity index (χ1) is 7.59. The molecule has 2 rings (SSSR count). The third-order valence-corrected chi connectivity index (χ3v) is 2.98. The predicted octanol–water partition coefficient (Wildman–Crippen LogP) is 2.23. The minimum atomic E-state index is 0.0644. The molecule has 0 saturated heterocycles. The number of nitrogens with two attached hydrogens (primary N) is 1. The number of halogens is 1. The van der Waals surface area contributed by atoms with Crippen molar-refractivity contribution in [3.05, 3.63) is 46.5 Å². The number of imidazole rings is 1. The molecule has 0 aliphatic heterocycles. The van der Waals surface area contributed by atoms with Crippen LogP contribution in [0.1, 0.15) is 11.4 Å². The van der Waals surface area contributed by atoms with Gasteiger partial charge in [-0.25, -0.2) is 4.98 Å². The second-order valence-electron chi connectivity index (χ2n) is 3.42. The van der Waals surface area contributed by atoms with Crippen LogP contribution in [0.2, 0.25) is 0 Å². The van der Waals surface area contributed by atoms with Gasteiger partial charge < -0.3 is 10.3 Å². The number of hydrogen-bond acceptors (Lipinski definition) is 2. The monoisotopic (exact) mass is 278 g/mol. The van der Waals surface area contributed by atoms with Crippen molar-refractivity contribution in [2.75, 3.05) is 0 Å². The van der Waals surface area contributed by atoms with E-state index in [9.17, 15) is 0 Å². The summed E-state index contributed by atoms with van der Waals surface area (Å²) in [5.41, 5.74) is 7.11. The molecular formula is C11H11BrN4. The molecule has 0 saturated carbocycles. The number of aryl methyl sites for hydroxylation is 1. The number of hydrogen-bond donors (Lipinski definition) is 2. The molecule has 4 nitrogen and oxygen atoms in total. The Kier molecular flexibility index (Phi) is 2.78. The molecule has 5 heteroatoms. The first-order valence-electron chi connectivity index (χ1n) is 4.74. The lowest BCUT2D eigenvalue weighted by atomic mass is 10.2. The number of rotatable bonds is 2. The topological polar surface area (TPSA) is 67.7 Å². The molecule has 0 unspecified atom stereocenters. The van der Waals surface area contributed by atoms with Crippen LogP contribution in [0.5, 0.6) is 0 Å². The summed E-state index contributed by atoms with van der Waals surface area (Å²) < 4.78 is 2.86. The highest BCUT2D eigenvalue weighted by Gasteiger charge is 2.06. The molecule has 1 aromatic heterocycles. The van der Waals surface area contributed by atoms with Crippen LogP contribution < -0.4 is 5.73 Å². The number of nitrogens with zero attached hydrogens (tertiary/aromatic N) is 2. The van der Waals surface area contributed by atoms with Gasteiger partial charge in [-0.05, 0) is 41.1 Å². The van der Waals surface area contributed by atoms with E-state index in [2.05, 4.69) is 20.9 Å². The average Bonchev–Trinajstić information content (AvgIpc) is 2.64. The van der Waals surface area contributed by atoms with E-state index in [1.165, 1.54) is 0 Å². The van der Waals surface area contributed by atoms with Crippen LogP contribution in [-0.2, 0) is 0 Å². The van der Waals surface area contributed by atoms with E-state index < -0.39 is 0 Å². The zero-order chi connectivity index (χ0) is 11.7. The Bertz CT molecular complexity index is 545. The van der Waals surface area contributed by atoms with Gasteiger partial charge in [-0.15, -0.1) is 0 Å². The van der Waals surface area contributed by atoms with Gasteiger partial charge >= 0.3 is 0 Å². The molecule has 0 bridgehead atoms. The summed E-state index contributed by atoms with van der Waals surface area (Å²) in [6.07, 6.45) is 3.64. The first-order valence-corrected chi connectivity index (χ1v) is 5.53. The van der Waals surface area contributed by atoms with E-state index in [1.807, 2.05) is 35.9 Å². The summed E-state index contributed by atoms with van der Waals surface area (Å²) in [4.78, 5) is 4.17. The fraction of sp³-hybridized carbons (Fsp3) is 0.0909. The average molecular weight is 279 g/mol. The fourth-order valence-corrected chi connectivity index (χ4v) is 2.07. The Hall–Kier alpha value is -1.62. The molecule has 0 spiro atoms. The van der Waals surface area contributed by atoms with E-state index in [0.717, 1.165) is 16.0 Å². The van der Waals surface area contributed by atoms with Gasteiger partial charge in [-0.3, -0.25) is 5.41 Å². The highest BCUT2D eigenvalue weighted by Crippen LogP contribution is 2.23. The summed E-state index contributed by atoms with van der Waals surface area (Å²) >= 11 is 3.47. The number of benzene rings is 1. The normalized spacial score (nSPS) is 10.4. The molecule has 2 aromatic rings. The van der Waals surface area contributed by atoms with Crippen molar-refractivity contribution < 1.29 is 0 Å². The molecule has 0 atom stereocenters. The van der Waals surface area contributed by atoms with Crippen LogP contribution in [0.3, 0.4) is 0 Å². The maximum atomic E-state index is 7.36. The molecule has 16 heavy (non-hydrogen) atoms. The van der Waals surface area contributed by atoms with Crippen molar-refractivity contribution in [1.29, 1.82) is 5.41 Å². The second-order valence-corrected chi connectivity index (χ2v) is 4.28. The van der Waals surface area contributed by atoms with Crippen LogP contribution in [0.4, 0.5) is 0 Å². The number of amidine groups is 1. The van der Waals surface area contributed by atoms with E-state index in [-0.39, 0.29) is 5.84 Å². The number of nitrogens with one attached hydrogen (secondary N) is 1. The Morgan fingerprint density at radius 2 is 2.25 bits per heavy atom. The van der Waals surface area contributed by atoms with Gasteiger partial charge in [0.15, 0.2) is 0 Å². The van der Waals surface area contributed by atoms with Crippen LogP contribution in [0.15, 0.2) is 35.1 Å². The third-order valence-electron chi connectivity index (χ3n) is 2.34. The maximum absolute atomic E-state index is 7.36. The van der Waals surface area contributed by atoms with Gasteiger partial charge in [0.25, 0.3) is 0 Å². The van der Waals surface area contributed by atoms with Crippen molar-refractivity contribution in [2.45, 2.75) is 6.92 Å². The van der Waals surface area contributed by atoms with Gasteiger partial charge in [0, 0.05) is 22.4 Å². The van der Waals surface area contributed by atoms with Crippen molar-refractivity contribution in [3.63, 3.8) is 0 Å². The quantitative estimate of drug-likeness (QED) is 0.653. The molecule has 0 fully saturated rings. The predicted molar refractivity (Wildman–Crippen MR) is 67.0 cm³/mol. The summed E-state index contributed by atoms with van der Waals surface area (Å²) in [5, 5.41) is 7.36. The first kappa shape index (κ1) is 10.9. The van der Waals surface area contributed by atoms with E-state index in [0.29, 0.717) is 5.56 Å². The molecule has 0 amide bonds. The summed E-state index contributed by atoms with van der Waals surface area (Å²) in [7, 11) is 0. The zero-order valence-electron chi connectivity index (χ0n) is 8.74. The highest BCUT2D eigenvalue weighted by molar-refractivity contribution is 9.10. The second kappa shape index (κ2) is 4.09. The van der Waals surface area contributed by atoms with E-state index in [1.54, 1.807) is 6.20 Å². The lowest BCUT2D eigenvalue weighted by Crippen LogP contribution is -2.11. The fourth-order valence-electron chi connectivity index (χ4n) is 1.50. The van der Waals surface area contributed by atoms with Crippen LogP contribution in [0.25, 0.3) is 5.69 Å². The Morgan fingerprint density at radius 3 is 2.75 bits per heavy atom. The smallest absolute Gasteiger partial charge is 0.122 e. The standard InChI is InChI=1S/C11H11BrN4/c1-7-15-4-5-16(7)10-3-2-8(11(13)14)6-9(10)12/h2-6H,1H3,(H3,13,14). The molecule has 0 aliphatic rings. The molecule has 82 valence electrons. The molecule has 0 aliphatic carbocycles. The number of nitrogen functional groups attached to an aromatic ring is 1. The summed E-state index contributed by atoms with van der Waals surface area (Å²) in [6, 6.07) is 5.56.